The number of rotatable bonds is 17. The summed E-state index contributed by atoms with van der Waals surface area (Å²) in [7, 11) is 0. The number of aromatic amines is 1. The lowest BCUT2D eigenvalue weighted by atomic mass is 9.80. The van der Waals surface area contributed by atoms with Crippen molar-refractivity contribution in [3.63, 3.8) is 0 Å². The van der Waals surface area contributed by atoms with Crippen molar-refractivity contribution in [1.82, 2.24) is 31.6 Å². The van der Waals surface area contributed by atoms with E-state index in [1.54, 1.807) is 24.3 Å². The molecule has 2 aromatic rings. The summed E-state index contributed by atoms with van der Waals surface area (Å²) in [4.78, 5) is 95.4. The average molecular weight is 775 g/mol. The van der Waals surface area contributed by atoms with E-state index in [9.17, 15) is 33.6 Å². The molecule has 13 heteroatoms. The van der Waals surface area contributed by atoms with Crippen molar-refractivity contribution in [3.8, 4) is 0 Å². The zero-order valence-corrected chi connectivity index (χ0v) is 33.8. The number of Topliss-reactive ketones (excluding diaryl/α,β-unsaturated/α-hetero) is 2. The second-order valence-corrected chi connectivity index (χ2v) is 17.4. The van der Waals surface area contributed by atoms with E-state index >= 15 is 0 Å². The number of H-pyrrole nitrogens is 1. The normalized spacial score (nSPS) is 20.6. The van der Waals surface area contributed by atoms with E-state index in [2.05, 4.69) is 31.6 Å². The topological polar surface area (TPSA) is 195 Å². The Balaban J connectivity index is 1.23. The van der Waals surface area contributed by atoms with Crippen LogP contribution in [-0.2, 0) is 24.0 Å². The lowest BCUT2D eigenvalue weighted by molar-refractivity contribution is -0.140. The van der Waals surface area contributed by atoms with Crippen molar-refractivity contribution < 1.29 is 33.6 Å². The van der Waals surface area contributed by atoms with Crippen molar-refractivity contribution >= 4 is 52.0 Å². The van der Waals surface area contributed by atoms with Crippen molar-refractivity contribution in [2.45, 2.75) is 161 Å². The zero-order valence-electron chi connectivity index (χ0n) is 33.8. The fourth-order valence-electron chi connectivity index (χ4n) is 8.26. The van der Waals surface area contributed by atoms with E-state index in [0.717, 1.165) is 76.0 Å². The average Bonchev–Trinajstić information content (AvgIpc) is 3.88. The van der Waals surface area contributed by atoms with Gasteiger partial charge in [0.05, 0.1) is 6.04 Å². The molecule has 3 fully saturated rings. The molecule has 3 aliphatic carbocycles. The van der Waals surface area contributed by atoms with Crippen molar-refractivity contribution in [2.24, 2.45) is 17.3 Å². The molecule has 5 atom stereocenters. The van der Waals surface area contributed by atoms with Crippen LogP contribution in [0.3, 0.4) is 0 Å². The van der Waals surface area contributed by atoms with Crippen LogP contribution >= 0.6 is 0 Å². The summed E-state index contributed by atoms with van der Waals surface area (Å²) in [6, 6.07) is 4.10. The molecule has 5 rings (SSSR count). The number of ketones is 2. The highest BCUT2D eigenvalue weighted by atomic mass is 16.2. The molecule has 0 spiro atoms. The molecule has 1 aromatic carbocycles. The predicted molar refractivity (Wildman–Crippen MR) is 214 cm³/mol. The minimum atomic E-state index is -0.899. The molecular formula is C43H62N6O7. The van der Waals surface area contributed by atoms with Crippen LogP contribution in [0.1, 0.15) is 152 Å². The van der Waals surface area contributed by atoms with Gasteiger partial charge in [0, 0.05) is 35.0 Å². The molecule has 0 saturated heterocycles. The van der Waals surface area contributed by atoms with Gasteiger partial charge in [-0.1, -0.05) is 66.2 Å². The Morgan fingerprint density at radius 3 is 2.16 bits per heavy atom. The Bertz CT molecular complexity index is 1770. The first kappa shape index (κ1) is 42.6. The van der Waals surface area contributed by atoms with Crippen molar-refractivity contribution in [1.29, 1.82) is 0 Å². The highest BCUT2D eigenvalue weighted by molar-refractivity contribution is 6.38. The van der Waals surface area contributed by atoms with Gasteiger partial charge in [-0.3, -0.25) is 33.6 Å². The second-order valence-electron chi connectivity index (χ2n) is 17.4. The van der Waals surface area contributed by atoms with Crippen LogP contribution in [0.15, 0.2) is 24.3 Å². The van der Waals surface area contributed by atoms with Crippen LogP contribution in [0.4, 0.5) is 0 Å². The SMILES string of the molecule is CCC[C@H](NC(=O)CC[C@@H]1CCCC[C@@H]1NC(=O)[C@@H](NC(=O)[C@@H](NC(=O)c1cc2cc(C(C)=O)ccc2[nH]1)C1CCCCC1)C(C)(C)C)C(=O)C(=O)NC1CC1. The molecule has 0 bridgehead atoms. The number of hydrogen-bond acceptors (Lipinski definition) is 7. The van der Waals surface area contributed by atoms with E-state index in [4.69, 9.17) is 0 Å². The quantitative estimate of drug-likeness (QED) is 0.0943. The van der Waals surface area contributed by atoms with Crippen molar-refractivity contribution in [3.05, 3.63) is 35.5 Å². The van der Waals surface area contributed by atoms with Crippen LogP contribution in [-0.4, -0.2) is 76.3 Å². The summed E-state index contributed by atoms with van der Waals surface area (Å²) < 4.78 is 0. The van der Waals surface area contributed by atoms with Crippen LogP contribution < -0.4 is 26.6 Å². The summed E-state index contributed by atoms with van der Waals surface area (Å²) >= 11 is 0. The van der Waals surface area contributed by atoms with E-state index in [1.807, 2.05) is 27.7 Å². The Morgan fingerprint density at radius 1 is 0.804 bits per heavy atom. The van der Waals surface area contributed by atoms with Crippen LogP contribution in [0, 0.1) is 17.3 Å². The first-order chi connectivity index (χ1) is 26.6. The molecule has 5 amide bonds. The maximum atomic E-state index is 14.2. The molecule has 6 N–H and O–H groups in total. The third-order valence-corrected chi connectivity index (χ3v) is 11.7. The predicted octanol–water partition coefficient (Wildman–Crippen LogP) is 5.17. The number of hydrogen-bond donors (Lipinski definition) is 6. The molecule has 13 nitrogen and oxygen atoms in total. The van der Waals surface area contributed by atoms with E-state index in [-0.39, 0.29) is 53.6 Å². The minimum absolute atomic E-state index is 0.0189. The molecule has 306 valence electrons. The van der Waals surface area contributed by atoms with Gasteiger partial charge in [-0.05, 0) is 99.8 Å². The third kappa shape index (κ3) is 11.5. The van der Waals surface area contributed by atoms with Crippen LogP contribution in [0.2, 0.25) is 0 Å². The third-order valence-electron chi connectivity index (χ3n) is 11.7. The summed E-state index contributed by atoms with van der Waals surface area (Å²) in [5, 5.41) is 15.5. The van der Waals surface area contributed by atoms with Gasteiger partial charge in [0.2, 0.25) is 23.5 Å². The summed E-state index contributed by atoms with van der Waals surface area (Å²) in [6.45, 7) is 9.08. The van der Waals surface area contributed by atoms with Gasteiger partial charge < -0.3 is 31.6 Å². The minimum Gasteiger partial charge on any atom is -0.351 e. The fraction of sp³-hybridized carbons (Fsp3) is 0.651. The summed E-state index contributed by atoms with van der Waals surface area (Å²) in [6.07, 6.45) is 11.4. The number of aromatic nitrogens is 1. The molecule has 0 aliphatic heterocycles. The maximum absolute atomic E-state index is 14.2. The smallest absolute Gasteiger partial charge is 0.289 e. The van der Waals surface area contributed by atoms with Gasteiger partial charge in [0.25, 0.3) is 11.8 Å². The maximum Gasteiger partial charge on any atom is 0.289 e. The van der Waals surface area contributed by atoms with E-state index in [0.29, 0.717) is 30.3 Å². The summed E-state index contributed by atoms with van der Waals surface area (Å²) in [5.74, 6) is -2.86. The lowest BCUT2D eigenvalue weighted by Crippen LogP contribution is -2.61. The number of benzene rings is 1. The first-order valence-corrected chi connectivity index (χ1v) is 20.8. The number of carbonyl (C=O) groups is 7. The Kier molecular flexibility index (Phi) is 14.5. The van der Waals surface area contributed by atoms with Gasteiger partial charge in [-0.25, -0.2) is 0 Å². The van der Waals surface area contributed by atoms with E-state index < -0.39 is 47.0 Å². The molecule has 3 aliphatic rings. The highest BCUT2D eigenvalue weighted by Crippen LogP contribution is 2.31. The van der Waals surface area contributed by atoms with Gasteiger partial charge in [-0.15, -0.1) is 0 Å². The Morgan fingerprint density at radius 2 is 1.50 bits per heavy atom. The van der Waals surface area contributed by atoms with Gasteiger partial charge in [0.1, 0.15) is 17.8 Å². The number of amides is 5. The number of fused-ring (bicyclic) bond motifs is 1. The Hall–Kier alpha value is -4.55. The molecule has 1 heterocycles. The van der Waals surface area contributed by atoms with Crippen LogP contribution in [0.5, 0.6) is 0 Å². The first-order valence-electron chi connectivity index (χ1n) is 20.8. The second kappa shape index (κ2) is 19.1. The largest absolute Gasteiger partial charge is 0.351 e. The van der Waals surface area contributed by atoms with Gasteiger partial charge >= 0.3 is 0 Å². The molecule has 1 aromatic heterocycles. The van der Waals surface area contributed by atoms with Gasteiger partial charge in [-0.2, -0.15) is 0 Å². The monoisotopic (exact) mass is 774 g/mol. The zero-order chi connectivity index (χ0) is 40.6. The fourth-order valence-corrected chi connectivity index (χ4v) is 8.26. The summed E-state index contributed by atoms with van der Waals surface area (Å²) in [5.41, 5.74) is 0.860. The standard InChI is InChI=1S/C43H62N6O7/c1-6-12-33(37(52)41(55)44-30-19-20-30)46-35(51)22-18-26-13-10-11-16-31(26)47-42(56)38(43(3,4)5)49-40(54)36(27-14-8-7-9-15-27)48-39(53)34-24-29-23-28(25(2)50)17-21-32(29)45-34/h17,21,23-24,26-27,30-31,33,36,38,45H,6-16,18-20,22H2,1-5H3,(H,44,55)(H,46,51)(H,47,56)(H,48,53)(H,49,54)/t26-,31-,33-,36-,38+/m0/s1. The molecular weight excluding hydrogens is 713 g/mol. The molecule has 0 radical (unpaired) electrons. The molecule has 0 unspecified atom stereocenters. The van der Waals surface area contributed by atoms with Crippen molar-refractivity contribution in [2.75, 3.05) is 0 Å². The van der Waals surface area contributed by atoms with Crippen LogP contribution in [0.25, 0.3) is 10.9 Å². The number of nitrogens with one attached hydrogen (secondary N) is 6. The lowest BCUT2D eigenvalue weighted by Gasteiger charge is -2.37. The Labute approximate surface area is 330 Å². The van der Waals surface area contributed by atoms with E-state index in [1.165, 1.54) is 6.92 Å². The molecule has 3 saturated carbocycles. The molecule has 56 heavy (non-hydrogen) atoms. The number of carbonyl (C=O) groups excluding carboxylic acids is 7. The van der Waals surface area contributed by atoms with Gasteiger partial charge in [0.15, 0.2) is 5.78 Å². The highest BCUT2D eigenvalue weighted by Gasteiger charge is 2.40.